The van der Waals surface area contributed by atoms with E-state index < -0.39 is 0 Å². The molecule has 1 aliphatic rings. The quantitative estimate of drug-likeness (QED) is 0.733. The molecule has 0 spiro atoms. The van der Waals surface area contributed by atoms with E-state index in [1.807, 2.05) is 26.0 Å². The van der Waals surface area contributed by atoms with E-state index in [1.54, 1.807) is 0 Å². The van der Waals surface area contributed by atoms with Crippen molar-refractivity contribution in [2.75, 3.05) is 37.7 Å². The molecule has 7 nitrogen and oxygen atoms in total. The van der Waals surface area contributed by atoms with Crippen LogP contribution in [0.25, 0.3) is 5.69 Å². The van der Waals surface area contributed by atoms with Crippen LogP contribution in [0.2, 0.25) is 0 Å². The summed E-state index contributed by atoms with van der Waals surface area (Å²) in [5.41, 5.74) is 2.29. The first-order valence-corrected chi connectivity index (χ1v) is 10.3. The van der Waals surface area contributed by atoms with Crippen molar-refractivity contribution in [3.63, 3.8) is 0 Å². The molecule has 2 aromatic rings. The molecule has 1 aliphatic heterocycles. The van der Waals surface area contributed by atoms with Gasteiger partial charge in [0.05, 0.1) is 24.2 Å². The molecule has 0 aliphatic carbocycles. The number of nitrogens with zero attached hydrogens (tertiary/aromatic N) is 4. The van der Waals surface area contributed by atoms with Gasteiger partial charge in [-0.3, -0.25) is 9.36 Å². The van der Waals surface area contributed by atoms with Crippen molar-refractivity contribution in [1.82, 2.24) is 20.1 Å². The first kappa shape index (κ1) is 19.7. The van der Waals surface area contributed by atoms with Crippen LogP contribution in [0.5, 0.6) is 0 Å². The zero-order valence-corrected chi connectivity index (χ0v) is 17.0. The molecule has 2 heterocycles. The zero-order chi connectivity index (χ0) is 19.2. The lowest BCUT2D eigenvalue weighted by molar-refractivity contribution is -0.120. The Morgan fingerprint density at radius 1 is 1.26 bits per heavy atom. The number of hydrogen-bond acceptors (Lipinski definition) is 6. The predicted molar refractivity (Wildman–Crippen MR) is 108 cm³/mol. The van der Waals surface area contributed by atoms with Crippen LogP contribution in [0.15, 0.2) is 29.4 Å². The molecule has 0 radical (unpaired) electrons. The monoisotopic (exact) mass is 389 g/mol. The van der Waals surface area contributed by atoms with Gasteiger partial charge in [0.15, 0.2) is 5.16 Å². The molecule has 1 aromatic heterocycles. The maximum atomic E-state index is 12.2. The lowest BCUT2D eigenvalue weighted by atomic mass is 10.1. The summed E-state index contributed by atoms with van der Waals surface area (Å²) in [5, 5.41) is 12.3. The number of carbonyl (C=O) groups excluding carboxylic acids is 1. The molecule has 1 saturated heterocycles. The molecule has 3 rings (SSSR count). The number of hydrogen-bond donors (Lipinski definition) is 1. The average molecular weight is 390 g/mol. The topological polar surface area (TPSA) is 72.3 Å². The van der Waals surface area contributed by atoms with Crippen molar-refractivity contribution in [1.29, 1.82) is 0 Å². The molecule has 0 saturated carbocycles. The minimum Gasteiger partial charge on any atom is -0.378 e. The third-order valence-electron chi connectivity index (χ3n) is 4.53. The van der Waals surface area contributed by atoms with Gasteiger partial charge in [-0.25, -0.2) is 0 Å². The van der Waals surface area contributed by atoms with E-state index in [4.69, 9.17) is 4.74 Å². The maximum absolute atomic E-state index is 12.2. The second kappa shape index (κ2) is 9.23. The fraction of sp³-hybridized carbons (Fsp3) is 0.526. The second-order valence-electron chi connectivity index (χ2n) is 6.35. The molecular formula is C19H27N5O2S. The Kier molecular flexibility index (Phi) is 6.73. The largest absolute Gasteiger partial charge is 0.378 e. The van der Waals surface area contributed by atoms with Crippen molar-refractivity contribution in [2.45, 2.75) is 37.6 Å². The third-order valence-corrected chi connectivity index (χ3v) is 5.57. The summed E-state index contributed by atoms with van der Waals surface area (Å²) in [4.78, 5) is 14.4. The number of amides is 1. The van der Waals surface area contributed by atoms with Crippen molar-refractivity contribution < 1.29 is 9.53 Å². The molecule has 1 N–H and O–H groups in total. The van der Waals surface area contributed by atoms with Crippen LogP contribution in [-0.2, 0) is 16.0 Å². The number of anilines is 1. The first-order valence-electron chi connectivity index (χ1n) is 9.46. The van der Waals surface area contributed by atoms with Gasteiger partial charge in [0, 0.05) is 19.6 Å². The van der Waals surface area contributed by atoms with Crippen molar-refractivity contribution in [3.8, 4) is 5.69 Å². The number of nitrogens with one attached hydrogen (secondary N) is 1. The van der Waals surface area contributed by atoms with E-state index in [9.17, 15) is 4.79 Å². The summed E-state index contributed by atoms with van der Waals surface area (Å²) in [6.07, 6.45) is 0.910. The fourth-order valence-electron chi connectivity index (χ4n) is 3.08. The van der Waals surface area contributed by atoms with Gasteiger partial charge >= 0.3 is 0 Å². The lowest BCUT2D eigenvalue weighted by Crippen LogP contribution is -2.38. The minimum atomic E-state index is -0.251. The number of aromatic nitrogens is 3. The Morgan fingerprint density at radius 2 is 2.00 bits per heavy atom. The highest BCUT2D eigenvalue weighted by atomic mass is 32.2. The van der Waals surface area contributed by atoms with Gasteiger partial charge in [-0.15, -0.1) is 10.2 Å². The number of morpholine rings is 1. The molecule has 1 atom stereocenters. The number of carbonyl (C=O) groups is 1. The molecule has 1 fully saturated rings. The Balaban J connectivity index is 2.00. The van der Waals surface area contributed by atoms with Crippen molar-refractivity contribution in [2.24, 2.45) is 0 Å². The Hall–Kier alpha value is -2.06. The molecule has 1 amide bonds. The number of ether oxygens (including phenoxy) is 1. The van der Waals surface area contributed by atoms with Gasteiger partial charge in [0.2, 0.25) is 11.9 Å². The SMILES string of the molecule is CCNC(=O)[C@@H](C)Sc1nnc(N2CCOCC2)n1-c1ccccc1CC. The first-order chi connectivity index (χ1) is 13.2. The third kappa shape index (κ3) is 4.44. The molecule has 0 unspecified atom stereocenters. The summed E-state index contributed by atoms with van der Waals surface area (Å²) in [6.45, 7) is 9.50. The predicted octanol–water partition coefficient (Wildman–Crippen LogP) is 2.28. The van der Waals surface area contributed by atoms with Crippen LogP contribution in [0.4, 0.5) is 5.95 Å². The maximum Gasteiger partial charge on any atom is 0.233 e. The van der Waals surface area contributed by atoms with Crippen LogP contribution < -0.4 is 10.2 Å². The van der Waals surface area contributed by atoms with Gasteiger partial charge < -0.3 is 15.0 Å². The second-order valence-corrected chi connectivity index (χ2v) is 7.66. The van der Waals surface area contributed by atoms with E-state index in [0.29, 0.717) is 19.8 Å². The van der Waals surface area contributed by atoms with Crippen LogP contribution in [0, 0.1) is 0 Å². The smallest absolute Gasteiger partial charge is 0.233 e. The molecule has 146 valence electrons. The van der Waals surface area contributed by atoms with E-state index in [-0.39, 0.29) is 11.2 Å². The fourth-order valence-corrected chi connectivity index (χ4v) is 3.96. The van der Waals surface area contributed by atoms with Gasteiger partial charge in [-0.2, -0.15) is 0 Å². The van der Waals surface area contributed by atoms with Crippen LogP contribution >= 0.6 is 11.8 Å². The van der Waals surface area contributed by atoms with Gasteiger partial charge in [0.1, 0.15) is 0 Å². The average Bonchev–Trinajstić information content (AvgIpc) is 3.12. The number of para-hydroxylation sites is 1. The zero-order valence-electron chi connectivity index (χ0n) is 16.1. The number of aryl methyl sites for hydroxylation is 1. The van der Waals surface area contributed by atoms with E-state index in [1.165, 1.54) is 17.3 Å². The summed E-state index contributed by atoms with van der Waals surface area (Å²) >= 11 is 1.44. The van der Waals surface area contributed by atoms with Crippen LogP contribution in [0.3, 0.4) is 0 Å². The summed E-state index contributed by atoms with van der Waals surface area (Å²) in [6, 6.07) is 8.29. The Labute approximate surface area is 164 Å². The number of thioether (sulfide) groups is 1. The molecule has 1 aromatic carbocycles. The standard InChI is InChI=1S/C19H27N5O2S/c1-4-15-8-6-7-9-16(15)24-18(23-10-12-26-13-11-23)21-22-19(24)27-14(3)17(25)20-5-2/h6-9,14H,4-5,10-13H2,1-3H3,(H,20,25)/t14-/m1/s1. The van der Waals surface area contributed by atoms with Crippen molar-refractivity contribution >= 4 is 23.6 Å². The van der Waals surface area contributed by atoms with E-state index in [0.717, 1.165) is 36.3 Å². The molecular weight excluding hydrogens is 362 g/mol. The lowest BCUT2D eigenvalue weighted by Gasteiger charge is -2.28. The summed E-state index contributed by atoms with van der Waals surface area (Å²) in [5.74, 6) is 0.818. The van der Waals surface area contributed by atoms with Gasteiger partial charge in [0.25, 0.3) is 0 Å². The molecule has 27 heavy (non-hydrogen) atoms. The minimum absolute atomic E-state index is 0.00810. The normalized spacial score (nSPS) is 15.6. The molecule has 8 heteroatoms. The highest BCUT2D eigenvalue weighted by Gasteiger charge is 2.25. The van der Waals surface area contributed by atoms with Gasteiger partial charge in [-0.1, -0.05) is 36.9 Å². The highest BCUT2D eigenvalue weighted by molar-refractivity contribution is 8.00. The van der Waals surface area contributed by atoms with Gasteiger partial charge in [-0.05, 0) is 31.9 Å². The summed E-state index contributed by atoms with van der Waals surface area (Å²) < 4.78 is 7.57. The van der Waals surface area contributed by atoms with Crippen LogP contribution in [0.1, 0.15) is 26.3 Å². The Morgan fingerprint density at radius 3 is 2.70 bits per heavy atom. The Bertz CT molecular complexity index is 773. The highest BCUT2D eigenvalue weighted by Crippen LogP contribution is 2.31. The van der Waals surface area contributed by atoms with E-state index in [2.05, 4.69) is 44.0 Å². The number of rotatable bonds is 7. The van der Waals surface area contributed by atoms with Crippen LogP contribution in [-0.4, -0.2) is 58.8 Å². The van der Waals surface area contributed by atoms with Crippen molar-refractivity contribution in [3.05, 3.63) is 29.8 Å². The summed E-state index contributed by atoms with van der Waals surface area (Å²) in [7, 11) is 0. The van der Waals surface area contributed by atoms with E-state index >= 15 is 0 Å². The molecule has 0 bridgehead atoms. The number of benzene rings is 1.